The van der Waals surface area contributed by atoms with Crippen LogP contribution in [0.4, 0.5) is 0 Å². The zero-order valence-corrected chi connectivity index (χ0v) is 15.6. The quantitative estimate of drug-likeness (QED) is 0.524. The number of hydrogen-bond donors (Lipinski definition) is 0. The van der Waals surface area contributed by atoms with Crippen molar-refractivity contribution in [2.24, 2.45) is 5.92 Å². The molecule has 1 unspecified atom stereocenters. The minimum Gasteiger partial charge on any atom is -0.493 e. The van der Waals surface area contributed by atoms with Crippen LogP contribution in [0.1, 0.15) is 38.2 Å². The summed E-state index contributed by atoms with van der Waals surface area (Å²) in [7, 11) is 0. The molecule has 0 bridgehead atoms. The largest absolute Gasteiger partial charge is 0.493 e. The molecular formula is C19H30ClNO3. The third-order valence-corrected chi connectivity index (χ3v) is 4.35. The van der Waals surface area contributed by atoms with Gasteiger partial charge < -0.3 is 14.4 Å². The highest BCUT2D eigenvalue weighted by atomic mass is 35.5. The standard InChI is InChI=1S/C19H29NO3.ClH/c1-3-22-19(21)17-10-8-13-20(15-17)12-6-7-14-23-18-11-5-4-9-16(18)2;/h4-5,9,11,17H,3,6-8,10,12-15H2,1-2H3;1H. The summed E-state index contributed by atoms with van der Waals surface area (Å²) in [5.41, 5.74) is 1.18. The van der Waals surface area contributed by atoms with Gasteiger partial charge >= 0.3 is 5.97 Å². The molecule has 1 aliphatic rings. The smallest absolute Gasteiger partial charge is 0.310 e. The van der Waals surface area contributed by atoms with Gasteiger partial charge in [-0.3, -0.25) is 4.79 Å². The molecule has 24 heavy (non-hydrogen) atoms. The minimum absolute atomic E-state index is 0. The van der Waals surface area contributed by atoms with Crippen molar-refractivity contribution in [3.63, 3.8) is 0 Å². The number of halogens is 1. The molecule has 0 aliphatic carbocycles. The molecule has 1 aromatic carbocycles. The monoisotopic (exact) mass is 355 g/mol. The first-order valence-corrected chi connectivity index (χ1v) is 8.78. The Morgan fingerprint density at radius 3 is 2.83 bits per heavy atom. The summed E-state index contributed by atoms with van der Waals surface area (Å²) in [4.78, 5) is 14.2. The predicted molar refractivity (Wildman–Crippen MR) is 99.0 cm³/mol. The molecule has 0 N–H and O–H groups in total. The third kappa shape index (κ3) is 6.70. The van der Waals surface area contributed by atoms with E-state index in [0.29, 0.717) is 6.61 Å². The van der Waals surface area contributed by atoms with Crippen LogP contribution in [0, 0.1) is 12.8 Å². The number of rotatable bonds is 8. The van der Waals surface area contributed by atoms with Crippen LogP contribution in [0.25, 0.3) is 0 Å². The summed E-state index contributed by atoms with van der Waals surface area (Å²) in [6.07, 6.45) is 4.19. The second-order valence-corrected chi connectivity index (χ2v) is 6.21. The van der Waals surface area contributed by atoms with Gasteiger partial charge in [0.25, 0.3) is 0 Å². The van der Waals surface area contributed by atoms with E-state index in [1.165, 1.54) is 5.56 Å². The zero-order valence-electron chi connectivity index (χ0n) is 14.8. The topological polar surface area (TPSA) is 38.8 Å². The molecule has 136 valence electrons. The maximum absolute atomic E-state index is 11.8. The SMILES string of the molecule is CCOC(=O)C1CCCN(CCCCOc2ccccc2C)C1.Cl. The number of ether oxygens (including phenoxy) is 2. The highest BCUT2D eigenvalue weighted by Crippen LogP contribution is 2.19. The van der Waals surface area contributed by atoms with Gasteiger partial charge in [0.05, 0.1) is 19.1 Å². The van der Waals surface area contributed by atoms with Gasteiger partial charge in [-0.15, -0.1) is 12.4 Å². The molecule has 1 fully saturated rings. The van der Waals surface area contributed by atoms with Gasteiger partial charge in [0.1, 0.15) is 5.75 Å². The molecule has 0 radical (unpaired) electrons. The second kappa shape index (κ2) is 11.3. The summed E-state index contributed by atoms with van der Waals surface area (Å²) in [5.74, 6) is 1.01. The number of hydrogen-bond acceptors (Lipinski definition) is 4. The maximum Gasteiger partial charge on any atom is 0.310 e. The number of esters is 1. The van der Waals surface area contributed by atoms with Crippen LogP contribution >= 0.6 is 12.4 Å². The number of carbonyl (C=O) groups is 1. The van der Waals surface area contributed by atoms with E-state index in [1.54, 1.807) is 0 Å². The van der Waals surface area contributed by atoms with E-state index >= 15 is 0 Å². The summed E-state index contributed by atoms with van der Waals surface area (Å²) >= 11 is 0. The fourth-order valence-corrected chi connectivity index (χ4v) is 3.05. The van der Waals surface area contributed by atoms with Crippen molar-refractivity contribution in [1.29, 1.82) is 0 Å². The lowest BCUT2D eigenvalue weighted by atomic mass is 9.98. The Bertz CT molecular complexity index is 495. The van der Waals surface area contributed by atoms with Crippen molar-refractivity contribution in [2.45, 2.75) is 39.5 Å². The first kappa shape index (κ1) is 20.8. The number of aryl methyl sites for hydroxylation is 1. The highest BCUT2D eigenvalue weighted by Gasteiger charge is 2.26. The number of nitrogens with zero attached hydrogens (tertiary/aromatic N) is 1. The predicted octanol–water partition coefficient (Wildman–Crippen LogP) is 3.85. The molecule has 0 aromatic heterocycles. The van der Waals surface area contributed by atoms with E-state index in [9.17, 15) is 4.79 Å². The minimum atomic E-state index is -0.0277. The molecule has 0 amide bonds. The number of benzene rings is 1. The molecule has 4 nitrogen and oxygen atoms in total. The number of likely N-dealkylation sites (tertiary alicyclic amines) is 1. The molecule has 2 rings (SSSR count). The summed E-state index contributed by atoms with van der Waals surface area (Å²) in [5, 5.41) is 0. The van der Waals surface area contributed by atoms with Crippen molar-refractivity contribution < 1.29 is 14.3 Å². The highest BCUT2D eigenvalue weighted by molar-refractivity contribution is 5.85. The Kier molecular flexibility index (Phi) is 9.80. The molecule has 1 heterocycles. The fraction of sp³-hybridized carbons (Fsp3) is 0.632. The average Bonchev–Trinajstić information content (AvgIpc) is 2.57. The van der Waals surface area contributed by atoms with Crippen molar-refractivity contribution >= 4 is 18.4 Å². The first-order valence-electron chi connectivity index (χ1n) is 8.78. The van der Waals surface area contributed by atoms with Gasteiger partial charge in [-0.1, -0.05) is 18.2 Å². The van der Waals surface area contributed by atoms with E-state index in [0.717, 1.165) is 57.7 Å². The molecule has 1 aromatic rings. The van der Waals surface area contributed by atoms with Gasteiger partial charge in [-0.25, -0.2) is 0 Å². The second-order valence-electron chi connectivity index (χ2n) is 6.21. The van der Waals surface area contributed by atoms with Gasteiger partial charge in [0, 0.05) is 6.54 Å². The van der Waals surface area contributed by atoms with Gasteiger partial charge in [-0.2, -0.15) is 0 Å². The number of piperidine rings is 1. The Labute approximate surface area is 151 Å². The van der Waals surface area contributed by atoms with Crippen LogP contribution in [-0.4, -0.2) is 43.7 Å². The van der Waals surface area contributed by atoms with Gasteiger partial charge in [0.15, 0.2) is 0 Å². The van der Waals surface area contributed by atoms with Gasteiger partial charge in [-0.05, 0) is 64.3 Å². The Balaban J connectivity index is 0.00000288. The average molecular weight is 356 g/mol. The Morgan fingerprint density at radius 1 is 1.29 bits per heavy atom. The lowest BCUT2D eigenvalue weighted by Gasteiger charge is -2.31. The van der Waals surface area contributed by atoms with Crippen molar-refractivity contribution in [2.75, 3.05) is 32.8 Å². The van der Waals surface area contributed by atoms with E-state index < -0.39 is 0 Å². The fourth-order valence-electron chi connectivity index (χ4n) is 3.05. The number of para-hydroxylation sites is 1. The van der Waals surface area contributed by atoms with Crippen LogP contribution in [0.5, 0.6) is 5.75 Å². The van der Waals surface area contributed by atoms with Crippen LogP contribution in [0.2, 0.25) is 0 Å². The van der Waals surface area contributed by atoms with Crippen LogP contribution in [0.15, 0.2) is 24.3 Å². The Hall–Kier alpha value is -1.26. The summed E-state index contributed by atoms with van der Waals surface area (Å²) in [6, 6.07) is 8.12. The van der Waals surface area contributed by atoms with Crippen LogP contribution < -0.4 is 4.74 Å². The molecule has 1 saturated heterocycles. The van der Waals surface area contributed by atoms with E-state index in [1.807, 2.05) is 25.1 Å². The number of unbranched alkanes of at least 4 members (excludes halogenated alkanes) is 1. The van der Waals surface area contributed by atoms with Crippen molar-refractivity contribution in [3.05, 3.63) is 29.8 Å². The molecule has 1 aliphatic heterocycles. The molecule has 0 spiro atoms. The van der Waals surface area contributed by atoms with E-state index in [2.05, 4.69) is 17.9 Å². The summed E-state index contributed by atoms with van der Waals surface area (Å²) < 4.78 is 11.0. The first-order chi connectivity index (χ1) is 11.2. The van der Waals surface area contributed by atoms with Crippen molar-refractivity contribution in [1.82, 2.24) is 4.90 Å². The van der Waals surface area contributed by atoms with Crippen molar-refractivity contribution in [3.8, 4) is 5.75 Å². The van der Waals surface area contributed by atoms with Crippen LogP contribution in [0.3, 0.4) is 0 Å². The van der Waals surface area contributed by atoms with E-state index in [4.69, 9.17) is 9.47 Å². The zero-order chi connectivity index (χ0) is 16.5. The molecular weight excluding hydrogens is 326 g/mol. The maximum atomic E-state index is 11.8. The van der Waals surface area contributed by atoms with E-state index in [-0.39, 0.29) is 24.3 Å². The molecule has 0 saturated carbocycles. The third-order valence-electron chi connectivity index (χ3n) is 4.35. The lowest BCUT2D eigenvalue weighted by molar-refractivity contribution is -0.149. The Morgan fingerprint density at radius 2 is 2.08 bits per heavy atom. The van der Waals surface area contributed by atoms with Crippen LogP contribution in [-0.2, 0) is 9.53 Å². The van der Waals surface area contributed by atoms with Gasteiger partial charge in [0.2, 0.25) is 0 Å². The number of carbonyl (C=O) groups excluding carboxylic acids is 1. The molecule has 5 heteroatoms. The normalized spacial score (nSPS) is 17.8. The lowest BCUT2D eigenvalue weighted by Crippen LogP contribution is -2.39. The molecule has 1 atom stereocenters. The summed E-state index contributed by atoms with van der Waals surface area (Å²) in [6.45, 7) is 8.14.